The molecule has 1 aliphatic rings. The Bertz CT molecular complexity index is 392. The van der Waals surface area contributed by atoms with Gasteiger partial charge in [0.2, 0.25) is 0 Å². The third kappa shape index (κ3) is 1.83. The summed E-state index contributed by atoms with van der Waals surface area (Å²) in [5, 5.41) is 9.37. The van der Waals surface area contributed by atoms with Gasteiger partial charge in [0.1, 0.15) is 0 Å². The van der Waals surface area contributed by atoms with Gasteiger partial charge in [-0.15, -0.1) is 0 Å². The number of nitrogen functional groups attached to an aromatic ring is 1. The Hall–Kier alpha value is -1.47. The van der Waals surface area contributed by atoms with Crippen molar-refractivity contribution in [3.8, 4) is 6.07 Å². The Morgan fingerprint density at radius 2 is 2.40 bits per heavy atom. The highest BCUT2D eigenvalue weighted by molar-refractivity contribution is 6.33. The number of nitriles is 1. The molecule has 1 aromatic heterocycles. The summed E-state index contributed by atoms with van der Waals surface area (Å²) in [5.74, 6) is 0.0774. The van der Waals surface area contributed by atoms with Gasteiger partial charge in [-0.3, -0.25) is 4.98 Å². The van der Waals surface area contributed by atoms with Crippen molar-refractivity contribution in [2.24, 2.45) is 5.92 Å². The monoisotopic (exact) mass is 222 g/mol. The number of nitrogens with two attached hydrogens (primary N) is 1. The number of halogens is 1. The molecule has 0 radical (unpaired) electrons. The largest absolute Gasteiger partial charge is 0.396 e. The molecule has 0 aromatic carbocycles. The first kappa shape index (κ1) is 10.1. The third-order valence-electron chi connectivity index (χ3n) is 2.59. The SMILES string of the molecule is N#C[C@@H]1CCN(c2c(N)cncc2Cl)C1. The number of nitrogens with zero attached hydrogens (tertiary/aromatic N) is 3. The van der Waals surface area contributed by atoms with Crippen molar-refractivity contribution in [1.29, 1.82) is 5.26 Å². The quantitative estimate of drug-likeness (QED) is 0.785. The Kier molecular flexibility index (Phi) is 2.65. The van der Waals surface area contributed by atoms with E-state index in [4.69, 9.17) is 22.6 Å². The van der Waals surface area contributed by atoms with Gasteiger partial charge < -0.3 is 10.6 Å². The maximum absolute atomic E-state index is 8.82. The zero-order valence-corrected chi connectivity index (χ0v) is 8.91. The average Bonchev–Trinajstić information content (AvgIpc) is 2.66. The standard InChI is InChI=1S/C10H11ClN4/c11-8-4-14-5-9(13)10(8)15-2-1-7(3-12)6-15/h4-5,7H,1-2,6,13H2/t7-/m0/s1. The van der Waals surface area contributed by atoms with Gasteiger partial charge in [0, 0.05) is 19.3 Å². The lowest BCUT2D eigenvalue weighted by atomic mass is 10.1. The lowest BCUT2D eigenvalue weighted by molar-refractivity contribution is 0.755. The van der Waals surface area contributed by atoms with Gasteiger partial charge in [-0.2, -0.15) is 5.26 Å². The van der Waals surface area contributed by atoms with Crippen LogP contribution in [-0.4, -0.2) is 18.1 Å². The molecule has 1 saturated heterocycles. The van der Waals surface area contributed by atoms with Crippen molar-refractivity contribution in [2.45, 2.75) is 6.42 Å². The minimum Gasteiger partial charge on any atom is -0.396 e. The van der Waals surface area contributed by atoms with Gasteiger partial charge in [0.05, 0.1) is 34.6 Å². The topological polar surface area (TPSA) is 65.9 Å². The molecule has 1 aliphatic heterocycles. The molecular weight excluding hydrogens is 212 g/mol. The van der Waals surface area contributed by atoms with E-state index in [1.54, 1.807) is 12.4 Å². The number of hydrogen-bond donors (Lipinski definition) is 1. The Labute approximate surface area is 93.3 Å². The summed E-state index contributed by atoms with van der Waals surface area (Å²) < 4.78 is 0. The van der Waals surface area contributed by atoms with Crippen LogP contribution in [0.5, 0.6) is 0 Å². The summed E-state index contributed by atoms with van der Waals surface area (Å²) in [4.78, 5) is 5.96. The lowest BCUT2D eigenvalue weighted by Crippen LogP contribution is -2.21. The van der Waals surface area contributed by atoms with Gasteiger partial charge in [-0.1, -0.05) is 11.6 Å². The minimum atomic E-state index is 0.0774. The number of pyridine rings is 1. The van der Waals surface area contributed by atoms with Gasteiger partial charge in [0.15, 0.2) is 0 Å². The van der Waals surface area contributed by atoms with E-state index in [1.807, 2.05) is 4.90 Å². The highest BCUT2D eigenvalue weighted by Gasteiger charge is 2.25. The van der Waals surface area contributed by atoms with Crippen molar-refractivity contribution < 1.29 is 0 Å². The molecule has 0 saturated carbocycles. The fraction of sp³-hybridized carbons (Fsp3) is 0.400. The molecule has 2 heterocycles. The minimum absolute atomic E-state index is 0.0774. The van der Waals surface area contributed by atoms with E-state index in [0.29, 0.717) is 17.3 Å². The predicted molar refractivity (Wildman–Crippen MR) is 59.6 cm³/mol. The zero-order valence-electron chi connectivity index (χ0n) is 8.15. The normalized spacial score (nSPS) is 20.3. The molecule has 4 nitrogen and oxygen atoms in total. The second-order valence-corrected chi connectivity index (χ2v) is 4.03. The first-order chi connectivity index (χ1) is 7.22. The highest BCUT2D eigenvalue weighted by Crippen LogP contribution is 2.34. The average molecular weight is 223 g/mol. The van der Waals surface area contributed by atoms with Crippen LogP contribution < -0.4 is 10.6 Å². The maximum atomic E-state index is 8.82. The molecule has 78 valence electrons. The van der Waals surface area contributed by atoms with Crippen LogP contribution >= 0.6 is 11.6 Å². The smallest absolute Gasteiger partial charge is 0.0843 e. The van der Waals surface area contributed by atoms with E-state index in [-0.39, 0.29) is 5.92 Å². The molecule has 2 N–H and O–H groups in total. The summed E-state index contributed by atoms with van der Waals surface area (Å²) in [6.45, 7) is 1.52. The first-order valence-corrected chi connectivity index (χ1v) is 5.13. The summed E-state index contributed by atoms with van der Waals surface area (Å²) in [7, 11) is 0. The highest BCUT2D eigenvalue weighted by atomic mass is 35.5. The van der Waals surface area contributed by atoms with Crippen molar-refractivity contribution in [3.63, 3.8) is 0 Å². The number of hydrogen-bond acceptors (Lipinski definition) is 4. The summed E-state index contributed by atoms with van der Waals surface area (Å²) in [6, 6.07) is 2.26. The van der Waals surface area contributed by atoms with Crippen molar-refractivity contribution in [1.82, 2.24) is 4.98 Å². The van der Waals surface area contributed by atoms with Gasteiger partial charge in [-0.05, 0) is 6.42 Å². The Balaban J connectivity index is 2.28. The van der Waals surface area contributed by atoms with E-state index in [1.165, 1.54) is 0 Å². The first-order valence-electron chi connectivity index (χ1n) is 4.76. The fourth-order valence-electron chi connectivity index (χ4n) is 1.85. The molecule has 5 heteroatoms. The van der Waals surface area contributed by atoms with Crippen LogP contribution in [0.15, 0.2) is 12.4 Å². The van der Waals surface area contributed by atoms with Crippen LogP contribution in [0.2, 0.25) is 5.02 Å². The van der Waals surface area contributed by atoms with Gasteiger partial charge in [0.25, 0.3) is 0 Å². The van der Waals surface area contributed by atoms with E-state index in [9.17, 15) is 0 Å². The van der Waals surface area contributed by atoms with E-state index >= 15 is 0 Å². The summed E-state index contributed by atoms with van der Waals surface area (Å²) in [5.41, 5.74) is 7.20. The molecule has 1 fully saturated rings. The van der Waals surface area contributed by atoms with E-state index < -0.39 is 0 Å². The van der Waals surface area contributed by atoms with Crippen LogP contribution in [-0.2, 0) is 0 Å². The fourth-order valence-corrected chi connectivity index (χ4v) is 2.13. The lowest BCUT2D eigenvalue weighted by Gasteiger charge is -2.20. The van der Waals surface area contributed by atoms with Crippen LogP contribution in [0, 0.1) is 17.2 Å². The second kappa shape index (κ2) is 3.95. The number of rotatable bonds is 1. The Morgan fingerprint density at radius 3 is 3.00 bits per heavy atom. The predicted octanol–water partition coefficient (Wildman–Crippen LogP) is 1.67. The molecule has 2 rings (SSSR count). The molecular formula is C10H11ClN4. The van der Waals surface area contributed by atoms with Crippen molar-refractivity contribution >= 4 is 23.0 Å². The van der Waals surface area contributed by atoms with Gasteiger partial charge >= 0.3 is 0 Å². The zero-order chi connectivity index (χ0) is 10.8. The van der Waals surface area contributed by atoms with Crippen molar-refractivity contribution in [3.05, 3.63) is 17.4 Å². The molecule has 0 aliphatic carbocycles. The van der Waals surface area contributed by atoms with E-state index in [2.05, 4.69) is 11.1 Å². The summed E-state index contributed by atoms with van der Waals surface area (Å²) in [6.07, 6.45) is 4.03. The van der Waals surface area contributed by atoms with Crippen LogP contribution in [0.4, 0.5) is 11.4 Å². The van der Waals surface area contributed by atoms with Crippen molar-refractivity contribution in [2.75, 3.05) is 23.7 Å². The number of anilines is 2. The summed E-state index contributed by atoms with van der Waals surface area (Å²) >= 11 is 6.03. The second-order valence-electron chi connectivity index (χ2n) is 3.62. The molecule has 1 aromatic rings. The van der Waals surface area contributed by atoms with Crippen LogP contribution in [0.1, 0.15) is 6.42 Å². The molecule has 0 bridgehead atoms. The van der Waals surface area contributed by atoms with Crippen LogP contribution in [0.25, 0.3) is 0 Å². The Morgan fingerprint density at radius 1 is 1.60 bits per heavy atom. The maximum Gasteiger partial charge on any atom is 0.0843 e. The molecule has 0 spiro atoms. The van der Waals surface area contributed by atoms with Crippen LogP contribution in [0.3, 0.4) is 0 Å². The third-order valence-corrected chi connectivity index (χ3v) is 2.86. The molecule has 0 unspecified atom stereocenters. The molecule has 15 heavy (non-hydrogen) atoms. The van der Waals surface area contributed by atoms with Gasteiger partial charge in [-0.25, -0.2) is 0 Å². The molecule has 1 atom stereocenters. The molecule has 0 amide bonds. The van der Waals surface area contributed by atoms with E-state index in [0.717, 1.165) is 18.7 Å². The number of aromatic nitrogens is 1.